The lowest BCUT2D eigenvalue weighted by atomic mass is 10.3. The van der Waals surface area contributed by atoms with Crippen molar-refractivity contribution in [1.29, 1.82) is 0 Å². The van der Waals surface area contributed by atoms with E-state index >= 15 is 0 Å². The molecule has 0 spiro atoms. The molecule has 0 fully saturated rings. The van der Waals surface area contributed by atoms with E-state index in [2.05, 4.69) is 28.7 Å². The van der Waals surface area contributed by atoms with Gasteiger partial charge in [0.2, 0.25) is 5.88 Å². The summed E-state index contributed by atoms with van der Waals surface area (Å²) in [6, 6.07) is 0. The van der Waals surface area contributed by atoms with Crippen molar-refractivity contribution in [3.63, 3.8) is 0 Å². The van der Waals surface area contributed by atoms with Crippen LogP contribution in [0.4, 0.5) is 11.5 Å². The lowest BCUT2D eigenvalue weighted by Gasteiger charge is -2.23. The van der Waals surface area contributed by atoms with Crippen LogP contribution in [0.1, 0.15) is 34.1 Å². The van der Waals surface area contributed by atoms with Gasteiger partial charge >= 0.3 is 0 Å². The molecule has 96 valence electrons. The van der Waals surface area contributed by atoms with Gasteiger partial charge in [0.25, 0.3) is 0 Å². The van der Waals surface area contributed by atoms with Crippen LogP contribution in [-0.4, -0.2) is 29.2 Å². The van der Waals surface area contributed by atoms with Gasteiger partial charge in [-0.05, 0) is 27.2 Å². The molecule has 1 heterocycles. The molecule has 5 nitrogen and oxygen atoms in total. The van der Waals surface area contributed by atoms with Crippen molar-refractivity contribution in [2.45, 2.75) is 40.2 Å². The Balaban J connectivity index is 2.99. The molecule has 1 aromatic rings. The number of nitrogens with zero attached hydrogens (tertiary/aromatic N) is 3. The third kappa shape index (κ3) is 3.47. The summed E-state index contributed by atoms with van der Waals surface area (Å²) in [6.45, 7) is 9.91. The fraction of sp³-hybridized carbons (Fsp3) is 0.667. The predicted octanol–water partition coefficient (Wildman–Crippen LogP) is 2.08. The maximum Gasteiger partial charge on any atom is 0.242 e. The summed E-state index contributed by atoms with van der Waals surface area (Å²) >= 11 is 0. The fourth-order valence-corrected chi connectivity index (χ4v) is 1.62. The summed E-state index contributed by atoms with van der Waals surface area (Å²) in [5.74, 6) is 1.24. The Bertz CT molecular complexity index is 354. The van der Waals surface area contributed by atoms with Crippen molar-refractivity contribution in [3.8, 4) is 5.88 Å². The summed E-state index contributed by atoms with van der Waals surface area (Å²) in [5, 5.41) is 0. The molecule has 0 amide bonds. The molecule has 0 saturated heterocycles. The van der Waals surface area contributed by atoms with Crippen molar-refractivity contribution in [3.05, 3.63) is 6.33 Å². The number of hydrogen-bond acceptors (Lipinski definition) is 5. The molecule has 0 radical (unpaired) electrons. The van der Waals surface area contributed by atoms with Gasteiger partial charge in [0.15, 0.2) is 5.82 Å². The largest absolute Gasteiger partial charge is 0.473 e. The first kappa shape index (κ1) is 13.5. The molecule has 0 unspecified atom stereocenters. The number of anilines is 2. The van der Waals surface area contributed by atoms with Crippen molar-refractivity contribution in [2.24, 2.45) is 0 Å². The Kier molecular flexibility index (Phi) is 5.00. The molecule has 0 aliphatic heterocycles. The quantitative estimate of drug-likeness (QED) is 0.822. The molecule has 2 N–H and O–H groups in total. The van der Waals surface area contributed by atoms with Crippen molar-refractivity contribution in [2.75, 3.05) is 23.7 Å². The maximum absolute atomic E-state index is 6.05. The van der Waals surface area contributed by atoms with Gasteiger partial charge in [-0.1, -0.05) is 6.92 Å². The Labute approximate surface area is 103 Å². The summed E-state index contributed by atoms with van der Waals surface area (Å²) in [6.07, 6.45) is 2.61. The van der Waals surface area contributed by atoms with E-state index in [1.165, 1.54) is 6.33 Å². The smallest absolute Gasteiger partial charge is 0.242 e. The zero-order chi connectivity index (χ0) is 12.8. The fourth-order valence-electron chi connectivity index (χ4n) is 1.62. The minimum atomic E-state index is 0.0568. The number of hydrogen-bond donors (Lipinski definition) is 1. The Morgan fingerprint density at radius 1 is 1.35 bits per heavy atom. The van der Waals surface area contributed by atoms with E-state index in [4.69, 9.17) is 10.5 Å². The Morgan fingerprint density at radius 2 is 2.06 bits per heavy atom. The van der Waals surface area contributed by atoms with Crippen LogP contribution in [0.25, 0.3) is 0 Å². The van der Waals surface area contributed by atoms with Gasteiger partial charge in [0, 0.05) is 13.1 Å². The first-order chi connectivity index (χ1) is 8.10. The summed E-state index contributed by atoms with van der Waals surface area (Å²) < 4.78 is 5.56. The minimum absolute atomic E-state index is 0.0568. The molecule has 5 heteroatoms. The van der Waals surface area contributed by atoms with E-state index in [9.17, 15) is 0 Å². The molecular weight excluding hydrogens is 216 g/mol. The van der Waals surface area contributed by atoms with Crippen molar-refractivity contribution in [1.82, 2.24) is 9.97 Å². The molecule has 1 rings (SSSR count). The summed E-state index contributed by atoms with van der Waals surface area (Å²) in [5.41, 5.74) is 6.57. The van der Waals surface area contributed by atoms with E-state index in [1.54, 1.807) is 0 Å². The molecular formula is C12H22N4O. The second-order valence-corrected chi connectivity index (χ2v) is 4.16. The van der Waals surface area contributed by atoms with Crippen LogP contribution in [-0.2, 0) is 0 Å². The third-order valence-electron chi connectivity index (χ3n) is 2.35. The highest BCUT2D eigenvalue weighted by Gasteiger charge is 2.14. The van der Waals surface area contributed by atoms with Crippen LogP contribution in [0.2, 0.25) is 0 Å². The third-order valence-corrected chi connectivity index (χ3v) is 2.35. The molecule has 0 aliphatic carbocycles. The van der Waals surface area contributed by atoms with Crippen LogP contribution in [0.5, 0.6) is 5.88 Å². The Hall–Kier alpha value is -1.52. The molecule has 0 aliphatic rings. The number of ether oxygens (including phenoxy) is 1. The lowest BCUT2D eigenvalue weighted by molar-refractivity contribution is 0.234. The van der Waals surface area contributed by atoms with Crippen LogP contribution < -0.4 is 15.4 Å². The average molecular weight is 238 g/mol. The van der Waals surface area contributed by atoms with Gasteiger partial charge < -0.3 is 15.4 Å². The van der Waals surface area contributed by atoms with Crippen LogP contribution >= 0.6 is 0 Å². The van der Waals surface area contributed by atoms with Gasteiger partial charge in [-0.25, -0.2) is 4.98 Å². The standard InChI is InChI=1S/C12H22N4O/c1-5-7-16(6-2)11-10(13)12(15-8-14-11)17-9(3)4/h8-9H,5-7,13H2,1-4H3. The number of nitrogen functional groups attached to an aromatic ring is 1. The topological polar surface area (TPSA) is 64.3 Å². The second-order valence-electron chi connectivity index (χ2n) is 4.16. The van der Waals surface area contributed by atoms with Gasteiger partial charge in [0.1, 0.15) is 12.0 Å². The van der Waals surface area contributed by atoms with Gasteiger partial charge in [-0.3, -0.25) is 0 Å². The van der Waals surface area contributed by atoms with Crippen LogP contribution in [0.15, 0.2) is 6.33 Å². The zero-order valence-electron chi connectivity index (χ0n) is 11.1. The average Bonchev–Trinajstić information content (AvgIpc) is 2.29. The highest BCUT2D eigenvalue weighted by molar-refractivity contribution is 5.67. The first-order valence-electron chi connectivity index (χ1n) is 6.12. The number of rotatable bonds is 6. The van der Waals surface area contributed by atoms with E-state index < -0.39 is 0 Å². The second kappa shape index (κ2) is 6.27. The van der Waals surface area contributed by atoms with Gasteiger partial charge in [0.05, 0.1) is 6.10 Å². The summed E-state index contributed by atoms with van der Waals surface area (Å²) in [4.78, 5) is 10.4. The minimum Gasteiger partial charge on any atom is -0.473 e. The normalized spacial score (nSPS) is 10.6. The molecule has 0 saturated carbocycles. The van der Waals surface area contributed by atoms with Gasteiger partial charge in [-0.2, -0.15) is 4.98 Å². The zero-order valence-corrected chi connectivity index (χ0v) is 11.1. The highest BCUT2D eigenvalue weighted by Crippen LogP contribution is 2.28. The molecule has 0 atom stereocenters. The van der Waals surface area contributed by atoms with Crippen LogP contribution in [0, 0.1) is 0 Å². The van der Waals surface area contributed by atoms with E-state index in [-0.39, 0.29) is 6.10 Å². The van der Waals surface area contributed by atoms with E-state index in [0.717, 1.165) is 25.3 Å². The molecule has 17 heavy (non-hydrogen) atoms. The van der Waals surface area contributed by atoms with Crippen molar-refractivity contribution < 1.29 is 4.74 Å². The number of aromatic nitrogens is 2. The number of nitrogens with two attached hydrogens (primary N) is 1. The lowest BCUT2D eigenvalue weighted by Crippen LogP contribution is -2.26. The molecule has 1 aromatic heterocycles. The Morgan fingerprint density at radius 3 is 2.59 bits per heavy atom. The SMILES string of the molecule is CCCN(CC)c1ncnc(OC(C)C)c1N. The molecule has 0 bridgehead atoms. The predicted molar refractivity (Wildman–Crippen MR) is 70.4 cm³/mol. The first-order valence-corrected chi connectivity index (χ1v) is 6.12. The molecule has 0 aromatic carbocycles. The van der Waals surface area contributed by atoms with Crippen LogP contribution in [0.3, 0.4) is 0 Å². The van der Waals surface area contributed by atoms with Gasteiger partial charge in [-0.15, -0.1) is 0 Å². The van der Waals surface area contributed by atoms with E-state index in [1.807, 2.05) is 13.8 Å². The highest BCUT2D eigenvalue weighted by atomic mass is 16.5. The monoisotopic (exact) mass is 238 g/mol. The maximum atomic E-state index is 6.05. The summed E-state index contributed by atoms with van der Waals surface area (Å²) in [7, 11) is 0. The van der Waals surface area contributed by atoms with E-state index in [0.29, 0.717) is 11.6 Å². The van der Waals surface area contributed by atoms with Crippen molar-refractivity contribution >= 4 is 11.5 Å².